The molecule has 0 aromatic carbocycles. The smallest absolute Gasteiger partial charge is 0.335 e. The number of carboxylic acids is 1. The van der Waals surface area contributed by atoms with Crippen LogP contribution in [0.1, 0.15) is 72.1 Å². The molecule has 0 saturated carbocycles. The summed E-state index contributed by atoms with van der Waals surface area (Å²) in [5.74, 6) is -0.762. The van der Waals surface area contributed by atoms with Crippen LogP contribution in [0.2, 0.25) is 0 Å². The Morgan fingerprint density at radius 3 is 2.12 bits per heavy atom. The summed E-state index contributed by atoms with van der Waals surface area (Å²) >= 11 is 0. The van der Waals surface area contributed by atoms with E-state index in [0.717, 1.165) is 32.1 Å². The van der Waals surface area contributed by atoms with Gasteiger partial charge in [0.15, 0.2) is 5.60 Å². The topological polar surface area (TPSA) is 57.5 Å². The van der Waals surface area contributed by atoms with E-state index < -0.39 is 11.6 Å². The van der Waals surface area contributed by atoms with Crippen molar-refractivity contribution in [2.45, 2.75) is 77.7 Å². The Balaban J connectivity index is 4.21. The second-order valence-corrected chi connectivity index (χ2v) is 5.29. The lowest BCUT2D eigenvalue weighted by atomic mass is 9.85. The number of carbonyl (C=O) groups is 1. The van der Waals surface area contributed by atoms with Gasteiger partial charge in [0.2, 0.25) is 0 Å². The fraction of sp³-hybridized carbons (Fsp3) is 0.929. The van der Waals surface area contributed by atoms with Gasteiger partial charge in [-0.25, -0.2) is 4.79 Å². The van der Waals surface area contributed by atoms with E-state index in [1.165, 1.54) is 19.8 Å². The van der Waals surface area contributed by atoms with Crippen molar-refractivity contribution in [2.24, 2.45) is 5.92 Å². The monoisotopic (exact) mass is 244 g/mol. The molecule has 0 aromatic heterocycles. The van der Waals surface area contributed by atoms with Crippen LogP contribution in [0.4, 0.5) is 0 Å². The molecule has 0 aliphatic carbocycles. The molecule has 17 heavy (non-hydrogen) atoms. The van der Waals surface area contributed by atoms with Crippen molar-refractivity contribution in [3.05, 3.63) is 0 Å². The van der Waals surface area contributed by atoms with E-state index in [9.17, 15) is 9.90 Å². The van der Waals surface area contributed by atoms with Crippen LogP contribution in [0, 0.1) is 5.92 Å². The van der Waals surface area contributed by atoms with Crippen molar-refractivity contribution in [2.75, 3.05) is 0 Å². The zero-order valence-electron chi connectivity index (χ0n) is 11.5. The first-order chi connectivity index (χ1) is 7.94. The molecule has 0 aliphatic rings. The Morgan fingerprint density at radius 2 is 1.65 bits per heavy atom. The highest BCUT2D eigenvalue weighted by molar-refractivity contribution is 5.76. The Kier molecular flexibility index (Phi) is 8.23. The first-order valence-electron chi connectivity index (χ1n) is 6.89. The number of hydrogen-bond acceptors (Lipinski definition) is 2. The molecule has 0 amide bonds. The highest BCUT2D eigenvalue weighted by Gasteiger charge is 2.32. The average molecular weight is 244 g/mol. The highest BCUT2D eigenvalue weighted by atomic mass is 16.4. The molecule has 0 heterocycles. The molecule has 0 rings (SSSR count). The third kappa shape index (κ3) is 7.37. The van der Waals surface area contributed by atoms with Crippen molar-refractivity contribution < 1.29 is 15.0 Å². The molecular formula is C14H28O3. The molecule has 2 atom stereocenters. The van der Waals surface area contributed by atoms with Gasteiger partial charge in [-0.2, -0.15) is 0 Å². The van der Waals surface area contributed by atoms with E-state index in [0.29, 0.717) is 12.3 Å². The number of carboxylic acid groups (broad SMARTS) is 1. The van der Waals surface area contributed by atoms with Crippen LogP contribution in [0.15, 0.2) is 0 Å². The quantitative estimate of drug-likeness (QED) is 0.577. The molecule has 102 valence electrons. The average Bonchev–Trinajstić information content (AvgIpc) is 2.25. The minimum absolute atomic E-state index is 0.340. The molecule has 3 nitrogen and oxygen atoms in total. The lowest BCUT2D eigenvalue weighted by Gasteiger charge is -2.25. The summed E-state index contributed by atoms with van der Waals surface area (Å²) in [5.41, 5.74) is -1.56. The van der Waals surface area contributed by atoms with Gasteiger partial charge in [0.1, 0.15) is 0 Å². The third-order valence-corrected chi connectivity index (χ3v) is 3.33. The van der Waals surface area contributed by atoms with Crippen molar-refractivity contribution in [1.29, 1.82) is 0 Å². The number of hydrogen-bond donors (Lipinski definition) is 2. The van der Waals surface area contributed by atoms with E-state index in [1.54, 1.807) is 0 Å². The standard InChI is InChI=1S/C14H28O3/c1-4-6-8-10-12(9-7-5-2)11-14(3,17)13(15)16/h12,17H,4-11H2,1-3H3,(H,15,16). The molecule has 0 radical (unpaired) electrons. The van der Waals surface area contributed by atoms with Crippen molar-refractivity contribution >= 4 is 5.97 Å². The normalized spacial score (nSPS) is 16.5. The second-order valence-electron chi connectivity index (χ2n) is 5.29. The fourth-order valence-electron chi connectivity index (χ4n) is 2.17. The summed E-state index contributed by atoms with van der Waals surface area (Å²) in [6, 6.07) is 0. The molecule has 0 fully saturated rings. The van der Waals surface area contributed by atoms with E-state index >= 15 is 0 Å². The van der Waals surface area contributed by atoms with Crippen LogP contribution in [-0.2, 0) is 4.79 Å². The molecule has 2 unspecified atom stereocenters. The summed E-state index contributed by atoms with van der Waals surface area (Å²) in [7, 11) is 0. The van der Waals surface area contributed by atoms with Gasteiger partial charge in [0.25, 0.3) is 0 Å². The first kappa shape index (κ1) is 16.4. The number of aliphatic hydroxyl groups is 1. The molecular weight excluding hydrogens is 216 g/mol. The fourth-order valence-corrected chi connectivity index (χ4v) is 2.17. The van der Waals surface area contributed by atoms with E-state index in [1.807, 2.05) is 0 Å². The number of rotatable bonds is 10. The van der Waals surface area contributed by atoms with Gasteiger partial charge in [-0.3, -0.25) is 0 Å². The van der Waals surface area contributed by atoms with E-state index in [-0.39, 0.29) is 0 Å². The zero-order valence-corrected chi connectivity index (χ0v) is 11.5. The van der Waals surface area contributed by atoms with Crippen LogP contribution < -0.4 is 0 Å². The third-order valence-electron chi connectivity index (χ3n) is 3.33. The Bertz CT molecular complexity index is 212. The molecule has 0 spiro atoms. The van der Waals surface area contributed by atoms with Crippen LogP contribution >= 0.6 is 0 Å². The predicted molar refractivity (Wildman–Crippen MR) is 70.0 cm³/mol. The molecule has 3 heteroatoms. The summed E-state index contributed by atoms with van der Waals surface area (Å²) in [6.07, 6.45) is 8.20. The molecule has 0 bridgehead atoms. The van der Waals surface area contributed by atoms with Crippen molar-refractivity contribution in [3.63, 3.8) is 0 Å². The van der Waals surface area contributed by atoms with E-state index in [2.05, 4.69) is 13.8 Å². The first-order valence-corrected chi connectivity index (χ1v) is 6.89. The van der Waals surface area contributed by atoms with Gasteiger partial charge in [-0.05, 0) is 19.3 Å². The maximum absolute atomic E-state index is 10.9. The van der Waals surface area contributed by atoms with Gasteiger partial charge in [-0.15, -0.1) is 0 Å². The maximum atomic E-state index is 10.9. The van der Waals surface area contributed by atoms with Gasteiger partial charge in [0.05, 0.1) is 0 Å². The zero-order chi connectivity index (χ0) is 13.3. The number of unbranched alkanes of at least 4 members (excludes halogenated alkanes) is 3. The molecule has 0 saturated heterocycles. The second kappa shape index (κ2) is 8.51. The summed E-state index contributed by atoms with van der Waals surface area (Å²) in [4.78, 5) is 10.9. The van der Waals surface area contributed by atoms with Gasteiger partial charge in [-0.1, -0.05) is 58.8 Å². The van der Waals surface area contributed by atoms with Crippen molar-refractivity contribution in [3.8, 4) is 0 Å². The predicted octanol–water partition coefficient (Wildman–Crippen LogP) is 3.60. The highest BCUT2D eigenvalue weighted by Crippen LogP contribution is 2.26. The van der Waals surface area contributed by atoms with Crippen LogP contribution in [0.25, 0.3) is 0 Å². The van der Waals surface area contributed by atoms with Gasteiger partial charge < -0.3 is 10.2 Å². The van der Waals surface area contributed by atoms with Crippen LogP contribution in [0.5, 0.6) is 0 Å². The van der Waals surface area contributed by atoms with Crippen molar-refractivity contribution in [1.82, 2.24) is 0 Å². The van der Waals surface area contributed by atoms with Gasteiger partial charge >= 0.3 is 5.97 Å². The Morgan fingerprint density at radius 1 is 1.12 bits per heavy atom. The Labute approximate surface area is 105 Å². The molecule has 0 aliphatic heterocycles. The maximum Gasteiger partial charge on any atom is 0.335 e. The lowest BCUT2D eigenvalue weighted by Crippen LogP contribution is -2.37. The van der Waals surface area contributed by atoms with E-state index in [4.69, 9.17) is 5.11 Å². The minimum Gasteiger partial charge on any atom is -0.479 e. The largest absolute Gasteiger partial charge is 0.479 e. The summed E-state index contributed by atoms with van der Waals surface area (Å²) in [5, 5.41) is 18.8. The number of aliphatic carboxylic acids is 1. The minimum atomic E-state index is -1.56. The van der Waals surface area contributed by atoms with Gasteiger partial charge in [0, 0.05) is 0 Å². The summed E-state index contributed by atoms with van der Waals surface area (Å²) in [6.45, 7) is 5.71. The van der Waals surface area contributed by atoms with Crippen LogP contribution in [-0.4, -0.2) is 21.8 Å². The molecule has 0 aromatic rings. The lowest BCUT2D eigenvalue weighted by molar-refractivity contribution is -0.158. The molecule has 2 N–H and O–H groups in total. The summed E-state index contributed by atoms with van der Waals surface area (Å²) < 4.78 is 0. The van der Waals surface area contributed by atoms with Crippen LogP contribution in [0.3, 0.4) is 0 Å². The Hall–Kier alpha value is -0.570. The SMILES string of the molecule is CCCCCC(CCCC)CC(C)(O)C(=O)O.